The smallest absolute Gasteiger partial charge is 0.423 e. The quantitative estimate of drug-likeness (QED) is 0.327. The predicted molar refractivity (Wildman–Crippen MR) is 133 cm³/mol. The largest absolute Gasteiger partial charge is 0.492 e. The van der Waals surface area contributed by atoms with Crippen molar-refractivity contribution in [3.8, 4) is 22.6 Å². The van der Waals surface area contributed by atoms with Gasteiger partial charge in [0.1, 0.15) is 12.2 Å². The molecule has 0 fully saturated rings. The Morgan fingerprint density at radius 2 is 2.06 bits per heavy atom. The van der Waals surface area contributed by atoms with Crippen LogP contribution in [-0.2, 0) is 17.5 Å². The maximum absolute atomic E-state index is 10.1. The van der Waals surface area contributed by atoms with Crippen LogP contribution in [0.15, 0.2) is 61.1 Å². The van der Waals surface area contributed by atoms with Gasteiger partial charge in [-0.15, -0.1) is 0 Å². The molecule has 4 aromatic heterocycles. The highest BCUT2D eigenvalue weighted by Gasteiger charge is 2.34. The number of benzene rings is 1. The molecule has 4 N–H and O–H groups in total. The van der Waals surface area contributed by atoms with E-state index in [1.807, 2.05) is 55.6 Å². The van der Waals surface area contributed by atoms with Gasteiger partial charge in [-0.2, -0.15) is 5.10 Å². The number of nitrogens with zero attached hydrogens (tertiary/aromatic N) is 5. The van der Waals surface area contributed by atoms with Gasteiger partial charge >= 0.3 is 7.12 Å². The number of hydrogen-bond acceptors (Lipinski definition) is 7. The Morgan fingerprint density at radius 1 is 1.14 bits per heavy atom. The maximum atomic E-state index is 10.1. The molecule has 0 saturated carbocycles. The maximum Gasteiger partial charge on any atom is 0.492 e. The van der Waals surface area contributed by atoms with Crippen LogP contribution in [-0.4, -0.2) is 48.2 Å². The first-order valence-corrected chi connectivity index (χ1v) is 11.6. The number of aromatic nitrogens is 6. The van der Waals surface area contributed by atoms with Gasteiger partial charge in [-0.25, -0.2) is 14.5 Å². The van der Waals surface area contributed by atoms with Crippen LogP contribution in [0.1, 0.15) is 28.7 Å². The lowest BCUT2D eigenvalue weighted by Gasteiger charge is -2.10. The van der Waals surface area contributed by atoms with E-state index in [1.165, 1.54) is 6.33 Å². The van der Waals surface area contributed by atoms with Gasteiger partial charge in [0.05, 0.1) is 23.2 Å². The van der Waals surface area contributed by atoms with E-state index in [4.69, 9.17) is 20.4 Å². The third kappa shape index (κ3) is 4.01. The molecule has 9 nitrogen and oxygen atoms in total. The van der Waals surface area contributed by atoms with Crippen LogP contribution in [0, 0.1) is 6.92 Å². The number of fused-ring (bicyclic) bond motifs is 2. The molecule has 5 heterocycles. The average molecular weight is 465 g/mol. The molecule has 1 aromatic carbocycles. The fourth-order valence-electron chi connectivity index (χ4n) is 4.61. The first-order chi connectivity index (χ1) is 17.1. The molecule has 1 unspecified atom stereocenters. The van der Waals surface area contributed by atoms with Crippen LogP contribution >= 0.6 is 0 Å². The summed E-state index contributed by atoms with van der Waals surface area (Å²) in [7, 11) is -0.910. The zero-order valence-corrected chi connectivity index (χ0v) is 19.2. The fraction of sp³-hybridized carbons (Fsp3) is 0.200. The molecule has 0 spiro atoms. The van der Waals surface area contributed by atoms with E-state index < -0.39 is 7.12 Å². The topological polar surface area (TPSA) is 127 Å². The Morgan fingerprint density at radius 3 is 2.91 bits per heavy atom. The first-order valence-electron chi connectivity index (χ1n) is 11.6. The van der Waals surface area contributed by atoms with Gasteiger partial charge < -0.3 is 20.4 Å². The molecule has 174 valence electrons. The van der Waals surface area contributed by atoms with Crippen molar-refractivity contribution in [3.05, 3.63) is 83.7 Å². The standard InChI is InChI=1S/C25H24BN7O2/c1-15-3-2-4-20(30-15)25-24(17-7-10-23-28-14-29-33(23)13-17)31-22(32-25)9-6-16-5-8-19-18(11-16)21(12-27)35-26(19)34/h2-5,7-8,10-11,13-14,21,34H,6,9,12,27H2,1H3,(H,31,32). The summed E-state index contributed by atoms with van der Waals surface area (Å²) >= 11 is 0. The molecule has 1 atom stereocenters. The van der Waals surface area contributed by atoms with Crippen LogP contribution in [0.25, 0.3) is 28.3 Å². The molecule has 1 aliphatic rings. The van der Waals surface area contributed by atoms with E-state index in [1.54, 1.807) is 4.52 Å². The van der Waals surface area contributed by atoms with Gasteiger partial charge in [-0.1, -0.05) is 24.3 Å². The summed E-state index contributed by atoms with van der Waals surface area (Å²) in [5.74, 6) is 0.865. The van der Waals surface area contributed by atoms with Gasteiger partial charge in [0.2, 0.25) is 0 Å². The van der Waals surface area contributed by atoms with Crippen LogP contribution in [0.2, 0.25) is 0 Å². The summed E-state index contributed by atoms with van der Waals surface area (Å²) in [6.45, 7) is 2.31. The van der Waals surface area contributed by atoms with Gasteiger partial charge in [0.15, 0.2) is 5.65 Å². The summed E-state index contributed by atoms with van der Waals surface area (Å²) < 4.78 is 7.29. The van der Waals surface area contributed by atoms with Gasteiger partial charge in [-0.3, -0.25) is 4.98 Å². The Hall–Kier alpha value is -3.86. The predicted octanol–water partition coefficient (Wildman–Crippen LogP) is 1.99. The van der Waals surface area contributed by atoms with Crippen LogP contribution in [0.5, 0.6) is 0 Å². The Kier molecular flexibility index (Phi) is 5.41. The van der Waals surface area contributed by atoms with E-state index in [0.717, 1.165) is 62.8 Å². The molecule has 0 radical (unpaired) electrons. The average Bonchev–Trinajstić information content (AvgIpc) is 3.59. The van der Waals surface area contributed by atoms with E-state index in [0.29, 0.717) is 13.0 Å². The first kappa shape index (κ1) is 21.7. The second-order valence-corrected chi connectivity index (χ2v) is 8.73. The summed E-state index contributed by atoms with van der Waals surface area (Å²) in [5.41, 5.74) is 13.9. The molecule has 1 aliphatic heterocycles. The zero-order chi connectivity index (χ0) is 23.9. The third-order valence-electron chi connectivity index (χ3n) is 6.37. The van der Waals surface area contributed by atoms with E-state index >= 15 is 0 Å². The fourth-order valence-corrected chi connectivity index (χ4v) is 4.61. The molecule has 0 amide bonds. The highest BCUT2D eigenvalue weighted by molar-refractivity contribution is 6.61. The molecule has 35 heavy (non-hydrogen) atoms. The molecule has 0 bridgehead atoms. The van der Waals surface area contributed by atoms with Crippen molar-refractivity contribution in [2.24, 2.45) is 5.73 Å². The zero-order valence-electron chi connectivity index (χ0n) is 19.2. The van der Waals surface area contributed by atoms with E-state index in [9.17, 15) is 5.02 Å². The lowest BCUT2D eigenvalue weighted by Crippen LogP contribution is -2.28. The number of imidazole rings is 1. The van der Waals surface area contributed by atoms with Crippen LogP contribution < -0.4 is 11.2 Å². The molecule has 0 aliphatic carbocycles. The van der Waals surface area contributed by atoms with Crippen molar-refractivity contribution in [1.29, 1.82) is 0 Å². The summed E-state index contributed by atoms with van der Waals surface area (Å²) in [5, 5.41) is 14.4. The Balaban J connectivity index is 1.34. The minimum atomic E-state index is -0.910. The number of H-pyrrole nitrogens is 1. The van der Waals surface area contributed by atoms with Crippen LogP contribution in [0.3, 0.4) is 0 Å². The highest BCUT2D eigenvalue weighted by Crippen LogP contribution is 2.30. The number of nitrogens with two attached hydrogens (primary N) is 1. The molecule has 6 rings (SSSR count). The minimum absolute atomic E-state index is 0.277. The van der Waals surface area contributed by atoms with Crippen molar-refractivity contribution >= 4 is 18.2 Å². The van der Waals surface area contributed by atoms with Gasteiger partial charge in [-0.05, 0) is 54.2 Å². The molecule has 10 heteroatoms. The third-order valence-corrected chi connectivity index (χ3v) is 6.37. The monoisotopic (exact) mass is 465 g/mol. The van der Waals surface area contributed by atoms with Crippen LogP contribution in [0.4, 0.5) is 0 Å². The summed E-state index contributed by atoms with van der Waals surface area (Å²) in [4.78, 5) is 17.4. The molecular weight excluding hydrogens is 441 g/mol. The normalized spacial score (nSPS) is 15.2. The highest BCUT2D eigenvalue weighted by atomic mass is 16.5. The number of hydrogen-bond donors (Lipinski definition) is 3. The second kappa shape index (κ2) is 8.73. The molecule has 5 aromatic rings. The van der Waals surface area contributed by atoms with E-state index in [-0.39, 0.29) is 6.10 Å². The number of rotatable bonds is 6. The van der Waals surface area contributed by atoms with Gasteiger partial charge in [0.25, 0.3) is 0 Å². The molecular formula is C25H24BN7O2. The number of aryl methyl sites for hydroxylation is 3. The van der Waals surface area contributed by atoms with Crippen molar-refractivity contribution in [1.82, 2.24) is 29.5 Å². The van der Waals surface area contributed by atoms with Crippen molar-refractivity contribution in [2.75, 3.05) is 6.54 Å². The number of aromatic amines is 1. The minimum Gasteiger partial charge on any atom is -0.423 e. The van der Waals surface area contributed by atoms with Crippen molar-refractivity contribution in [2.45, 2.75) is 25.9 Å². The Bertz CT molecular complexity index is 1530. The second-order valence-electron chi connectivity index (χ2n) is 8.73. The number of nitrogens with one attached hydrogen (secondary N) is 1. The lowest BCUT2D eigenvalue weighted by molar-refractivity contribution is 0.198. The number of pyridine rings is 2. The Labute approximate surface area is 202 Å². The van der Waals surface area contributed by atoms with E-state index in [2.05, 4.69) is 21.1 Å². The molecule has 0 saturated heterocycles. The lowest BCUT2D eigenvalue weighted by atomic mass is 9.78. The van der Waals surface area contributed by atoms with Crippen molar-refractivity contribution < 1.29 is 9.68 Å². The van der Waals surface area contributed by atoms with Gasteiger partial charge in [0, 0.05) is 30.4 Å². The summed E-state index contributed by atoms with van der Waals surface area (Å²) in [6.07, 6.45) is 4.67. The van der Waals surface area contributed by atoms with Crippen molar-refractivity contribution in [3.63, 3.8) is 0 Å². The summed E-state index contributed by atoms with van der Waals surface area (Å²) in [6, 6.07) is 15.9. The SMILES string of the molecule is Cc1cccc(-c2[nH]c(CCc3ccc4c(c3)C(CN)OB4O)nc2-c2ccc3ncnn3c2)n1.